The van der Waals surface area contributed by atoms with Crippen LogP contribution in [0, 0.1) is 5.41 Å². The van der Waals surface area contributed by atoms with Gasteiger partial charge in [0.1, 0.15) is 0 Å². The lowest BCUT2D eigenvalue weighted by molar-refractivity contribution is -0.0762. The largest absolute Gasteiger partial charge is 0.392 e. The second-order valence-electron chi connectivity index (χ2n) is 5.65. The van der Waals surface area contributed by atoms with Crippen molar-refractivity contribution in [3.05, 3.63) is 22.4 Å². The fourth-order valence-corrected chi connectivity index (χ4v) is 3.34. The molecule has 0 aromatic carbocycles. The maximum Gasteiger partial charge on any atom is 0.0621 e. The summed E-state index contributed by atoms with van der Waals surface area (Å²) in [7, 11) is 0. The van der Waals surface area contributed by atoms with Gasteiger partial charge in [0.2, 0.25) is 0 Å². The third kappa shape index (κ3) is 2.56. The predicted octanol–water partition coefficient (Wildman–Crippen LogP) is 3.34. The van der Waals surface area contributed by atoms with Crippen LogP contribution in [-0.2, 0) is 0 Å². The number of aliphatic hydroxyl groups is 1. The van der Waals surface area contributed by atoms with Gasteiger partial charge in [-0.25, -0.2) is 0 Å². The van der Waals surface area contributed by atoms with Crippen molar-refractivity contribution in [1.82, 2.24) is 5.32 Å². The zero-order valence-electron chi connectivity index (χ0n) is 10.9. The molecule has 1 aromatic rings. The molecule has 96 valence electrons. The Morgan fingerprint density at radius 2 is 2.35 bits per heavy atom. The SMILES string of the molecule is CCCC(NC1CC(O)C1(C)C)c1cccs1. The van der Waals surface area contributed by atoms with Crippen LogP contribution in [0.5, 0.6) is 0 Å². The lowest BCUT2D eigenvalue weighted by Crippen LogP contribution is -2.60. The zero-order valence-corrected chi connectivity index (χ0v) is 11.8. The molecule has 3 unspecified atom stereocenters. The highest BCUT2D eigenvalue weighted by atomic mass is 32.1. The molecule has 0 amide bonds. The third-order valence-corrected chi connectivity index (χ3v) is 5.07. The monoisotopic (exact) mass is 253 g/mol. The van der Waals surface area contributed by atoms with Gasteiger partial charge in [0, 0.05) is 22.4 Å². The first kappa shape index (κ1) is 13.1. The number of hydrogen-bond donors (Lipinski definition) is 2. The number of aliphatic hydroxyl groups excluding tert-OH is 1. The second-order valence-corrected chi connectivity index (χ2v) is 6.63. The lowest BCUT2D eigenvalue weighted by atomic mass is 9.64. The van der Waals surface area contributed by atoms with Crippen LogP contribution in [0.15, 0.2) is 17.5 Å². The fourth-order valence-electron chi connectivity index (χ4n) is 2.51. The highest BCUT2D eigenvalue weighted by Crippen LogP contribution is 2.42. The summed E-state index contributed by atoms with van der Waals surface area (Å²) >= 11 is 1.82. The van der Waals surface area contributed by atoms with E-state index in [9.17, 15) is 5.11 Å². The Morgan fingerprint density at radius 3 is 2.82 bits per heavy atom. The van der Waals surface area contributed by atoms with Gasteiger partial charge < -0.3 is 10.4 Å². The fraction of sp³-hybridized carbons (Fsp3) is 0.714. The number of nitrogens with one attached hydrogen (secondary N) is 1. The molecule has 2 nitrogen and oxygen atoms in total. The highest BCUT2D eigenvalue weighted by Gasteiger charge is 2.47. The van der Waals surface area contributed by atoms with Crippen molar-refractivity contribution in [2.75, 3.05) is 0 Å². The molecule has 2 N–H and O–H groups in total. The van der Waals surface area contributed by atoms with E-state index in [0.717, 1.165) is 6.42 Å². The first-order valence-corrected chi connectivity index (χ1v) is 7.41. The molecule has 0 saturated heterocycles. The van der Waals surface area contributed by atoms with E-state index in [1.54, 1.807) is 0 Å². The summed E-state index contributed by atoms with van der Waals surface area (Å²) in [6, 6.07) is 5.22. The molecular formula is C14H23NOS. The maximum atomic E-state index is 9.78. The Balaban J connectivity index is 2.00. The summed E-state index contributed by atoms with van der Waals surface area (Å²) in [5.41, 5.74) is 0.0171. The van der Waals surface area contributed by atoms with Gasteiger partial charge in [-0.05, 0) is 24.3 Å². The van der Waals surface area contributed by atoms with Gasteiger partial charge in [-0.2, -0.15) is 0 Å². The van der Waals surface area contributed by atoms with Crippen molar-refractivity contribution in [2.45, 2.75) is 58.2 Å². The average molecular weight is 253 g/mol. The lowest BCUT2D eigenvalue weighted by Gasteiger charge is -2.51. The van der Waals surface area contributed by atoms with E-state index in [-0.39, 0.29) is 11.5 Å². The quantitative estimate of drug-likeness (QED) is 0.843. The van der Waals surface area contributed by atoms with Crippen LogP contribution in [0.3, 0.4) is 0 Å². The Bertz CT molecular complexity index is 347. The minimum Gasteiger partial charge on any atom is -0.392 e. The van der Waals surface area contributed by atoms with Gasteiger partial charge in [-0.3, -0.25) is 0 Å². The molecule has 0 bridgehead atoms. The minimum absolute atomic E-state index is 0.0171. The third-order valence-electron chi connectivity index (χ3n) is 4.08. The van der Waals surface area contributed by atoms with Gasteiger partial charge in [0.25, 0.3) is 0 Å². The molecule has 3 atom stereocenters. The van der Waals surface area contributed by atoms with Crippen LogP contribution in [-0.4, -0.2) is 17.3 Å². The smallest absolute Gasteiger partial charge is 0.0621 e. The van der Waals surface area contributed by atoms with Gasteiger partial charge in [0.15, 0.2) is 0 Å². The van der Waals surface area contributed by atoms with Crippen molar-refractivity contribution in [1.29, 1.82) is 0 Å². The van der Waals surface area contributed by atoms with E-state index in [2.05, 4.69) is 43.6 Å². The molecule has 3 heteroatoms. The Morgan fingerprint density at radius 1 is 1.59 bits per heavy atom. The Labute approximate surface area is 108 Å². The van der Waals surface area contributed by atoms with Crippen molar-refractivity contribution < 1.29 is 5.11 Å². The van der Waals surface area contributed by atoms with E-state index in [4.69, 9.17) is 0 Å². The molecule has 1 aromatic heterocycles. The van der Waals surface area contributed by atoms with Crippen LogP contribution >= 0.6 is 11.3 Å². The zero-order chi connectivity index (χ0) is 12.5. The number of hydrogen-bond acceptors (Lipinski definition) is 3. The highest BCUT2D eigenvalue weighted by molar-refractivity contribution is 7.10. The van der Waals surface area contributed by atoms with Crippen LogP contribution < -0.4 is 5.32 Å². The molecule has 1 saturated carbocycles. The molecular weight excluding hydrogens is 230 g/mol. The standard InChI is InChI=1S/C14H23NOS/c1-4-6-10(11-7-5-8-17-11)15-12-9-13(16)14(12,2)3/h5,7-8,10,12-13,15-16H,4,6,9H2,1-3H3. The van der Waals surface area contributed by atoms with Crippen LogP contribution in [0.4, 0.5) is 0 Å². The summed E-state index contributed by atoms with van der Waals surface area (Å²) in [5.74, 6) is 0. The normalized spacial score (nSPS) is 28.7. The van der Waals surface area contributed by atoms with Crippen LogP contribution in [0.2, 0.25) is 0 Å². The second kappa shape index (κ2) is 5.09. The Kier molecular flexibility index (Phi) is 3.91. The predicted molar refractivity (Wildman–Crippen MR) is 73.3 cm³/mol. The molecule has 2 rings (SSSR count). The summed E-state index contributed by atoms with van der Waals surface area (Å²) < 4.78 is 0. The number of rotatable bonds is 5. The van der Waals surface area contributed by atoms with Crippen molar-refractivity contribution in [3.8, 4) is 0 Å². The molecule has 0 spiro atoms. The van der Waals surface area contributed by atoms with Gasteiger partial charge >= 0.3 is 0 Å². The minimum atomic E-state index is -0.148. The van der Waals surface area contributed by atoms with E-state index in [1.165, 1.54) is 17.7 Å². The van der Waals surface area contributed by atoms with Crippen LogP contribution in [0.25, 0.3) is 0 Å². The van der Waals surface area contributed by atoms with E-state index < -0.39 is 0 Å². The number of thiophene rings is 1. The van der Waals surface area contributed by atoms with Crippen molar-refractivity contribution >= 4 is 11.3 Å². The molecule has 17 heavy (non-hydrogen) atoms. The van der Waals surface area contributed by atoms with Crippen LogP contribution in [0.1, 0.15) is 51.0 Å². The molecule has 1 fully saturated rings. The first-order chi connectivity index (χ1) is 8.05. The summed E-state index contributed by atoms with van der Waals surface area (Å²) in [5, 5.41) is 15.6. The van der Waals surface area contributed by atoms with Crippen molar-refractivity contribution in [2.24, 2.45) is 5.41 Å². The molecule has 0 aliphatic heterocycles. The Hall–Kier alpha value is -0.380. The topological polar surface area (TPSA) is 32.3 Å². The van der Waals surface area contributed by atoms with E-state index in [0.29, 0.717) is 12.1 Å². The molecule has 1 heterocycles. The molecule has 0 radical (unpaired) electrons. The maximum absolute atomic E-state index is 9.78. The summed E-state index contributed by atoms with van der Waals surface area (Å²) in [6.45, 7) is 6.52. The summed E-state index contributed by atoms with van der Waals surface area (Å²) in [4.78, 5) is 1.42. The average Bonchev–Trinajstić information content (AvgIpc) is 2.81. The van der Waals surface area contributed by atoms with Gasteiger partial charge in [0.05, 0.1) is 6.10 Å². The van der Waals surface area contributed by atoms with Crippen molar-refractivity contribution in [3.63, 3.8) is 0 Å². The van der Waals surface area contributed by atoms with E-state index in [1.807, 2.05) is 11.3 Å². The first-order valence-electron chi connectivity index (χ1n) is 6.53. The van der Waals surface area contributed by atoms with Gasteiger partial charge in [-0.15, -0.1) is 11.3 Å². The molecule has 1 aliphatic rings. The molecule has 1 aliphatic carbocycles. The summed E-state index contributed by atoms with van der Waals surface area (Å²) in [6.07, 6.45) is 3.10. The van der Waals surface area contributed by atoms with Gasteiger partial charge in [-0.1, -0.05) is 33.3 Å². The van der Waals surface area contributed by atoms with E-state index >= 15 is 0 Å².